The molecule has 0 radical (unpaired) electrons. The van der Waals surface area contributed by atoms with Gasteiger partial charge in [0.1, 0.15) is 6.33 Å². The van der Waals surface area contributed by atoms with Crippen molar-refractivity contribution in [2.24, 2.45) is 7.05 Å². The zero-order valence-electron chi connectivity index (χ0n) is 10.2. The van der Waals surface area contributed by atoms with E-state index in [2.05, 4.69) is 15.1 Å². The predicted molar refractivity (Wildman–Crippen MR) is 67.7 cm³/mol. The van der Waals surface area contributed by atoms with E-state index in [4.69, 9.17) is 11.6 Å². The summed E-state index contributed by atoms with van der Waals surface area (Å²) < 4.78 is 1.66. The van der Waals surface area contributed by atoms with E-state index in [9.17, 15) is 4.79 Å². The number of nitrogens with zero attached hydrogens (tertiary/aromatic N) is 4. The molecule has 0 saturated carbocycles. The van der Waals surface area contributed by atoms with Crippen LogP contribution in [0.4, 0.5) is 0 Å². The quantitative estimate of drug-likeness (QED) is 0.791. The fourth-order valence-corrected chi connectivity index (χ4v) is 2.07. The lowest BCUT2D eigenvalue weighted by Crippen LogP contribution is -2.08. The van der Waals surface area contributed by atoms with Crippen LogP contribution in [0.5, 0.6) is 0 Å². The number of aryl methyl sites for hydroxylation is 2. The Labute approximate surface area is 110 Å². The minimum Gasteiger partial charge on any atom is -0.294 e. The summed E-state index contributed by atoms with van der Waals surface area (Å²) in [5, 5.41) is 4.85. The molecule has 0 aromatic carbocycles. The maximum Gasteiger partial charge on any atom is 0.171 e. The molecule has 0 bridgehead atoms. The second-order valence-electron chi connectivity index (χ2n) is 3.91. The van der Waals surface area contributed by atoms with Crippen LogP contribution in [0, 0.1) is 0 Å². The molecule has 0 fully saturated rings. The summed E-state index contributed by atoms with van der Waals surface area (Å²) in [6.07, 6.45) is 5.34. The average molecular weight is 265 g/mol. The first-order valence-electron chi connectivity index (χ1n) is 5.62. The van der Waals surface area contributed by atoms with Crippen LogP contribution in [0.2, 0.25) is 5.02 Å². The number of Topliss-reactive ketones (excluding diaryl/α,β-unsaturated/α-hetero) is 1. The maximum absolute atomic E-state index is 12.0. The van der Waals surface area contributed by atoms with Gasteiger partial charge in [0, 0.05) is 19.4 Å². The molecule has 0 saturated heterocycles. The second kappa shape index (κ2) is 5.27. The first-order chi connectivity index (χ1) is 8.63. The van der Waals surface area contributed by atoms with E-state index in [-0.39, 0.29) is 12.2 Å². The summed E-state index contributed by atoms with van der Waals surface area (Å²) in [7, 11) is 1.79. The number of aromatic nitrogens is 4. The number of carbonyl (C=O) groups excluding carboxylic acids is 1. The number of rotatable bonds is 4. The van der Waals surface area contributed by atoms with Gasteiger partial charge in [-0.1, -0.05) is 18.5 Å². The highest BCUT2D eigenvalue weighted by Gasteiger charge is 2.17. The summed E-state index contributed by atoms with van der Waals surface area (Å²) in [5.41, 5.74) is 2.02. The minimum absolute atomic E-state index is 0.0665. The van der Waals surface area contributed by atoms with E-state index >= 15 is 0 Å². The van der Waals surface area contributed by atoms with Crippen molar-refractivity contribution in [2.45, 2.75) is 19.8 Å². The topological polar surface area (TPSA) is 60.7 Å². The Bertz CT molecular complexity index is 565. The van der Waals surface area contributed by atoms with E-state index in [0.717, 1.165) is 17.8 Å². The highest BCUT2D eigenvalue weighted by molar-refractivity contribution is 6.32. The third kappa shape index (κ3) is 2.41. The van der Waals surface area contributed by atoms with E-state index in [1.54, 1.807) is 11.7 Å². The van der Waals surface area contributed by atoms with E-state index in [1.165, 1.54) is 18.7 Å². The van der Waals surface area contributed by atoms with Gasteiger partial charge in [0.2, 0.25) is 0 Å². The molecule has 0 amide bonds. The van der Waals surface area contributed by atoms with Crippen LogP contribution in [0.15, 0.2) is 18.7 Å². The van der Waals surface area contributed by atoms with Gasteiger partial charge in [-0.3, -0.25) is 9.48 Å². The van der Waals surface area contributed by atoms with Gasteiger partial charge in [0.25, 0.3) is 0 Å². The molecule has 0 unspecified atom stereocenters. The normalized spacial score (nSPS) is 10.6. The van der Waals surface area contributed by atoms with Crippen molar-refractivity contribution in [3.8, 4) is 0 Å². The highest BCUT2D eigenvalue weighted by Crippen LogP contribution is 2.22. The molecular weight excluding hydrogens is 252 g/mol. The Hall–Kier alpha value is -1.75. The summed E-state index contributed by atoms with van der Waals surface area (Å²) in [6.45, 7) is 1.98. The molecular formula is C12H13ClN4O. The monoisotopic (exact) mass is 264 g/mol. The van der Waals surface area contributed by atoms with Gasteiger partial charge >= 0.3 is 0 Å². The van der Waals surface area contributed by atoms with Gasteiger partial charge in [-0.2, -0.15) is 5.10 Å². The first-order valence-corrected chi connectivity index (χ1v) is 5.99. The standard InChI is InChI=1S/C12H13ClN4O/c1-3-9-12(13)10(17(2)16-9)4-11(18)8-5-14-7-15-6-8/h5-7H,3-4H2,1-2H3. The zero-order chi connectivity index (χ0) is 13.1. The summed E-state index contributed by atoms with van der Waals surface area (Å²) in [5.74, 6) is -0.0665. The molecule has 5 nitrogen and oxygen atoms in total. The Kier molecular flexibility index (Phi) is 3.72. The first kappa shape index (κ1) is 12.7. The fourth-order valence-electron chi connectivity index (χ4n) is 1.71. The molecule has 2 aromatic rings. The molecule has 2 aromatic heterocycles. The molecule has 0 aliphatic rings. The largest absolute Gasteiger partial charge is 0.294 e. The van der Waals surface area contributed by atoms with Crippen LogP contribution >= 0.6 is 11.6 Å². The fraction of sp³-hybridized carbons (Fsp3) is 0.333. The van der Waals surface area contributed by atoms with E-state index in [0.29, 0.717) is 10.6 Å². The van der Waals surface area contributed by atoms with Gasteiger partial charge in [0.05, 0.1) is 28.4 Å². The molecule has 0 spiro atoms. The Balaban J connectivity index is 2.25. The van der Waals surface area contributed by atoms with Crippen molar-refractivity contribution in [3.05, 3.63) is 40.7 Å². The Morgan fingerprint density at radius 3 is 2.61 bits per heavy atom. The predicted octanol–water partition coefficient (Wildman–Crippen LogP) is 1.85. The molecule has 0 N–H and O–H groups in total. The highest BCUT2D eigenvalue weighted by atomic mass is 35.5. The second-order valence-corrected chi connectivity index (χ2v) is 4.29. The van der Waals surface area contributed by atoms with Crippen molar-refractivity contribution in [1.82, 2.24) is 19.7 Å². The van der Waals surface area contributed by atoms with E-state index in [1.807, 2.05) is 6.92 Å². The third-order valence-corrected chi connectivity index (χ3v) is 3.15. The lowest BCUT2D eigenvalue weighted by atomic mass is 10.1. The van der Waals surface area contributed by atoms with Gasteiger partial charge in [-0.25, -0.2) is 9.97 Å². The van der Waals surface area contributed by atoms with Crippen molar-refractivity contribution in [1.29, 1.82) is 0 Å². The number of carbonyl (C=O) groups is 1. The van der Waals surface area contributed by atoms with Crippen LogP contribution in [0.25, 0.3) is 0 Å². The zero-order valence-corrected chi connectivity index (χ0v) is 11.0. The van der Waals surface area contributed by atoms with Crippen LogP contribution in [0.1, 0.15) is 28.7 Å². The average Bonchev–Trinajstić information content (AvgIpc) is 2.67. The van der Waals surface area contributed by atoms with Gasteiger partial charge < -0.3 is 0 Å². The molecule has 2 heterocycles. The lowest BCUT2D eigenvalue weighted by molar-refractivity contribution is 0.0990. The lowest BCUT2D eigenvalue weighted by Gasteiger charge is -2.02. The Morgan fingerprint density at radius 2 is 2.06 bits per heavy atom. The summed E-state index contributed by atoms with van der Waals surface area (Å²) in [6, 6.07) is 0. The summed E-state index contributed by atoms with van der Waals surface area (Å²) >= 11 is 6.19. The van der Waals surface area contributed by atoms with Crippen LogP contribution in [-0.2, 0) is 19.9 Å². The van der Waals surface area contributed by atoms with Crippen molar-refractivity contribution < 1.29 is 4.79 Å². The minimum atomic E-state index is -0.0665. The van der Waals surface area contributed by atoms with Crippen molar-refractivity contribution in [3.63, 3.8) is 0 Å². The smallest absolute Gasteiger partial charge is 0.171 e. The number of hydrogen-bond donors (Lipinski definition) is 0. The number of ketones is 1. The molecule has 6 heteroatoms. The van der Waals surface area contributed by atoms with Gasteiger partial charge in [-0.05, 0) is 6.42 Å². The molecule has 0 aliphatic carbocycles. The molecule has 2 rings (SSSR count). The number of hydrogen-bond acceptors (Lipinski definition) is 4. The van der Waals surface area contributed by atoms with Gasteiger partial charge in [-0.15, -0.1) is 0 Å². The van der Waals surface area contributed by atoms with Crippen LogP contribution in [-0.4, -0.2) is 25.5 Å². The molecule has 0 atom stereocenters. The molecule has 18 heavy (non-hydrogen) atoms. The molecule has 94 valence electrons. The Morgan fingerprint density at radius 1 is 1.39 bits per heavy atom. The van der Waals surface area contributed by atoms with Crippen LogP contribution < -0.4 is 0 Å². The SMILES string of the molecule is CCc1nn(C)c(CC(=O)c2cncnc2)c1Cl. The van der Waals surface area contributed by atoms with Crippen molar-refractivity contribution in [2.75, 3.05) is 0 Å². The van der Waals surface area contributed by atoms with Crippen molar-refractivity contribution >= 4 is 17.4 Å². The third-order valence-electron chi connectivity index (χ3n) is 2.71. The molecule has 0 aliphatic heterocycles. The summed E-state index contributed by atoms with van der Waals surface area (Å²) in [4.78, 5) is 19.7. The van der Waals surface area contributed by atoms with Crippen LogP contribution in [0.3, 0.4) is 0 Å². The van der Waals surface area contributed by atoms with E-state index < -0.39 is 0 Å². The maximum atomic E-state index is 12.0. The number of halogens is 1. The van der Waals surface area contributed by atoms with Gasteiger partial charge in [0.15, 0.2) is 5.78 Å².